The van der Waals surface area contributed by atoms with Gasteiger partial charge in [0.2, 0.25) is 0 Å². The lowest BCUT2D eigenvalue weighted by Crippen LogP contribution is -1.95. The summed E-state index contributed by atoms with van der Waals surface area (Å²) >= 11 is 3.50. The summed E-state index contributed by atoms with van der Waals surface area (Å²) in [4.78, 5) is 0. The molecule has 0 bridgehead atoms. The highest BCUT2D eigenvalue weighted by Crippen LogP contribution is 2.32. The number of aryl methyl sites for hydroxylation is 2. The Balaban J connectivity index is 2.34. The minimum absolute atomic E-state index is 0.452. The molecule has 2 rings (SSSR count). The average Bonchev–Trinajstić information content (AvgIpc) is 2.38. The Labute approximate surface area is 130 Å². The van der Waals surface area contributed by atoms with E-state index in [4.69, 9.17) is 4.74 Å². The minimum Gasteiger partial charge on any atom is -0.457 e. The average molecular weight is 333 g/mol. The lowest BCUT2D eigenvalue weighted by atomic mass is 10.0. The van der Waals surface area contributed by atoms with Crippen LogP contribution in [0.3, 0.4) is 0 Å². The van der Waals surface area contributed by atoms with Gasteiger partial charge in [-0.3, -0.25) is 0 Å². The van der Waals surface area contributed by atoms with Crippen LogP contribution < -0.4 is 4.74 Å². The lowest BCUT2D eigenvalue weighted by molar-refractivity contribution is 0.472. The van der Waals surface area contributed by atoms with E-state index in [0.717, 1.165) is 16.8 Å². The van der Waals surface area contributed by atoms with Crippen LogP contribution in [0.1, 0.15) is 42.0 Å². The first-order chi connectivity index (χ1) is 9.51. The van der Waals surface area contributed by atoms with E-state index in [1.54, 1.807) is 0 Å². The molecule has 0 amide bonds. The lowest BCUT2D eigenvalue weighted by Gasteiger charge is -2.15. The van der Waals surface area contributed by atoms with Crippen molar-refractivity contribution in [2.24, 2.45) is 0 Å². The number of benzene rings is 2. The van der Waals surface area contributed by atoms with Gasteiger partial charge in [0.15, 0.2) is 0 Å². The molecule has 106 valence electrons. The molecule has 0 aliphatic rings. The Hall–Kier alpha value is -1.28. The normalized spacial score (nSPS) is 10.9. The fourth-order valence-corrected chi connectivity index (χ4v) is 2.84. The molecule has 0 unspecified atom stereocenters. The number of rotatable bonds is 4. The predicted octanol–water partition coefficient (Wildman–Crippen LogP) is 6.11. The molecular formula is C18H21BrO. The topological polar surface area (TPSA) is 9.23 Å². The van der Waals surface area contributed by atoms with Crippen molar-refractivity contribution >= 4 is 15.9 Å². The molecule has 1 nitrogen and oxygen atoms in total. The van der Waals surface area contributed by atoms with Crippen LogP contribution in [0.4, 0.5) is 0 Å². The number of hydrogen-bond acceptors (Lipinski definition) is 1. The zero-order chi connectivity index (χ0) is 14.7. The van der Waals surface area contributed by atoms with Crippen molar-refractivity contribution in [3.8, 4) is 11.5 Å². The molecule has 2 aromatic rings. The van der Waals surface area contributed by atoms with Crippen LogP contribution in [0.2, 0.25) is 0 Å². The van der Waals surface area contributed by atoms with E-state index >= 15 is 0 Å². The Morgan fingerprint density at radius 1 is 1.05 bits per heavy atom. The second-order valence-electron chi connectivity index (χ2n) is 5.52. The van der Waals surface area contributed by atoms with Gasteiger partial charge in [0.1, 0.15) is 11.5 Å². The number of alkyl halides is 1. The third-order valence-corrected chi connectivity index (χ3v) is 4.08. The van der Waals surface area contributed by atoms with E-state index < -0.39 is 0 Å². The first-order valence-electron chi connectivity index (χ1n) is 6.95. The van der Waals surface area contributed by atoms with Crippen LogP contribution >= 0.6 is 15.9 Å². The SMILES string of the molecule is Cc1ccc(C(C)C)c(Oc2ccc(CBr)c(C)c2)c1. The van der Waals surface area contributed by atoms with Crippen molar-refractivity contribution in [1.29, 1.82) is 0 Å². The van der Waals surface area contributed by atoms with Crippen molar-refractivity contribution in [2.45, 2.75) is 38.9 Å². The third kappa shape index (κ3) is 3.43. The second-order valence-corrected chi connectivity index (χ2v) is 6.08. The van der Waals surface area contributed by atoms with Crippen LogP contribution in [-0.2, 0) is 5.33 Å². The molecule has 0 heterocycles. The van der Waals surface area contributed by atoms with Gasteiger partial charge in [0.25, 0.3) is 0 Å². The fraction of sp³-hybridized carbons (Fsp3) is 0.333. The summed E-state index contributed by atoms with van der Waals surface area (Å²) in [6.45, 7) is 8.59. The molecule has 0 fully saturated rings. The largest absolute Gasteiger partial charge is 0.457 e. The molecule has 0 aliphatic heterocycles. The summed E-state index contributed by atoms with van der Waals surface area (Å²) in [6, 6.07) is 12.7. The molecule has 0 spiro atoms. The highest BCUT2D eigenvalue weighted by Gasteiger charge is 2.09. The maximum atomic E-state index is 6.12. The zero-order valence-corrected chi connectivity index (χ0v) is 14.1. The molecule has 20 heavy (non-hydrogen) atoms. The van der Waals surface area contributed by atoms with Gasteiger partial charge < -0.3 is 4.74 Å². The highest BCUT2D eigenvalue weighted by atomic mass is 79.9. The van der Waals surface area contributed by atoms with E-state index in [1.807, 2.05) is 6.07 Å². The van der Waals surface area contributed by atoms with Gasteiger partial charge in [0, 0.05) is 5.33 Å². The molecule has 0 aromatic heterocycles. The van der Waals surface area contributed by atoms with Crippen LogP contribution in [-0.4, -0.2) is 0 Å². The van der Waals surface area contributed by atoms with Crippen molar-refractivity contribution in [1.82, 2.24) is 0 Å². The number of hydrogen-bond donors (Lipinski definition) is 0. The van der Waals surface area contributed by atoms with Gasteiger partial charge in [0.05, 0.1) is 0 Å². The van der Waals surface area contributed by atoms with Gasteiger partial charge in [-0.15, -0.1) is 0 Å². The summed E-state index contributed by atoms with van der Waals surface area (Å²) in [5, 5.41) is 0.876. The molecule has 0 N–H and O–H groups in total. The molecule has 2 aromatic carbocycles. The standard InChI is InChI=1S/C18H21BrO/c1-12(2)17-8-5-13(3)9-18(17)20-16-7-6-15(11-19)14(4)10-16/h5-10,12H,11H2,1-4H3. The molecule has 0 saturated carbocycles. The molecule has 0 saturated heterocycles. The maximum absolute atomic E-state index is 6.12. The van der Waals surface area contributed by atoms with Gasteiger partial charge in [-0.1, -0.05) is 48.0 Å². The van der Waals surface area contributed by atoms with E-state index in [-0.39, 0.29) is 0 Å². The van der Waals surface area contributed by atoms with Gasteiger partial charge in [-0.2, -0.15) is 0 Å². The zero-order valence-electron chi connectivity index (χ0n) is 12.5. The summed E-state index contributed by atoms with van der Waals surface area (Å²) in [5.74, 6) is 2.32. The van der Waals surface area contributed by atoms with E-state index in [0.29, 0.717) is 5.92 Å². The summed E-state index contributed by atoms with van der Waals surface area (Å²) < 4.78 is 6.12. The quantitative estimate of drug-likeness (QED) is 0.613. The van der Waals surface area contributed by atoms with Gasteiger partial charge in [-0.05, 0) is 60.2 Å². The van der Waals surface area contributed by atoms with Gasteiger partial charge in [-0.25, -0.2) is 0 Å². The molecule has 2 heteroatoms. The molecular weight excluding hydrogens is 312 g/mol. The minimum atomic E-state index is 0.452. The van der Waals surface area contributed by atoms with Crippen molar-refractivity contribution < 1.29 is 4.74 Å². The Morgan fingerprint density at radius 2 is 1.80 bits per heavy atom. The van der Waals surface area contributed by atoms with Crippen molar-refractivity contribution in [3.05, 3.63) is 58.7 Å². The fourth-order valence-electron chi connectivity index (χ4n) is 2.22. The van der Waals surface area contributed by atoms with Crippen molar-refractivity contribution in [3.63, 3.8) is 0 Å². The smallest absolute Gasteiger partial charge is 0.131 e. The summed E-state index contributed by atoms with van der Waals surface area (Å²) in [7, 11) is 0. The monoisotopic (exact) mass is 332 g/mol. The van der Waals surface area contributed by atoms with Crippen LogP contribution in [0.15, 0.2) is 36.4 Å². The van der Waals surface area contributed by atoms with E-state index in [9.17, 15) is 0 Å². The van der Waals surface area contributed by atoms with Crippen LogP contribution in [0.25, 0.3) is 0 Å². The Bertz CT molecular complexity index is 602. The Morgan fingerprint density at radius 3 is 2.40 bits per heavy atom. The highest BCUT2D eigenvalue weighted by molar-refractivity contribution is 9.08. The number of halogens is 1. The first-order valence-corrected chi connectivity index (χ1v) is 8.07. The third-order valence-electron chi connectivity index (χ3n) is 3.48. The summed E-state index contributed by atoms with van der Waals surface area (Å²) in [6.07, 6.45) is 0. The van der Waals surface area contributed by atoms with Crippen LogP contribution in [0.5, 0.6) is 11.5 Å². The molecule has 0 radical (unpaired) electrons. The molecule has 0 atom stereocenters. The first kappa shape index (κ1) is 15.1. The van der Waals surface area contributed by atoms with Crippen LogP contribution in [0, 0.1) is 13.8 Å². The second kappa shape index (κ2) is 6.45. The predicted molar refractivity (Wildman–Crippen MR) is 89.2 cm³/mol. The maximum Gasteiger partial charge on any atom is 0.131 e. The summed E-state index contributed by atoms with van der Waals surface area (Å²) in [5.41, 5.74) is 5.01. The number of ether oxygens (including phenoxy) is 1. The van der Waals surface area contributed by atoms with Crippen molar-refractivity contribution in [2.75, 3.05) is 0 Å². The Kier molecular flexibility index (Phi) is 4.87. The molecule has 0 aliphatic carbocycles. The van der Waals surface area contributed by atoms with E-state index in [2.05, 4.69) is 74.0 Å². The van der Waals surface area contributed by atoms with E-state index in [1.165, 1.54) is 22.3 Å². The van der Waals surface area contributed by atoms with Gasteiger partial charge >= 0.3 is 0 Å².